The van der Waals surface area contributed by atoms with Crippen LogP contribution in [0.2, 0.25) is 0 Å². The summed E-state index contributed by atoms with van der Waals surface area (Å²) < 4.78 is 0. The molecule has 0 bridgehead atoms. The molecule has 2 N–H and O–H groups in total. The van der Waals surface area contributed by atoms with Crippen LogP contribution in [0.3, 0.4) is 0 Å². The van der Waals surface area contributed by atoms with Crippen LogP contribution >= 0.6 is 0 Å². The van der Waals surface area contributed by atoms with E-state index in [1.54, 1.807) is 6.92 Å². The first kappa shape index (κ1) is 19.1. The van der Waals surface area contributed by atoms with Crippen molar-refractivity contribution in [2.45, 2.75) is 26.7 Å². The van der Waals surface area contributed by atoms with Gasteiger partial charge in [-0.1, -0.05) is 54.6 Å². The molecule has 134 valence electrons. The molecule has 0 heterocycles. The van der Waals surface area contributed by atoms with Crippen molar-refractivity contribution >= 4 is 29.3 Å². The normalized spacial score (nSPS) is 11.4. The Morgan fingerprint density at radius 2 is 1.62 bits per heavy atom. The summed E-state index contributed by atoms with van der Waals surface area (Å²) in [4.78, 5) is 23.8. The topological polar surface area (TPSA) is 70.6 Å². The number of anilines is 1. The highest BCUT2D eigenvalue weighted by Crippen LogP contribution is 2.13. The van der Waals surface area contributed by atoms with Gasteiger partial charge in [0.2, 0.25) is 11.8 Å². The van der Waals surface area contributed by atoms with Crippen LogP contribution in [0.15, 0.2) is 65.8 Å². The second kappa shape index (κ2) is 9.93. The average Bonchev–Trinajstić information content (AvgIpc) is 2.65. The lowest BCUT2D eigenvalue weighted by molar-refractivity contribution is -0.124. The van der Waals surface area contributed by atoms with E-state index in [1.807, 2.05) is 73.7 Å². The van der Waals surface area contributed by atoms with E-state index in [-0.39, 0.29) is 24.7 Å². The molecule has 2 amide bonds. The van der Waals surface area contributed by atoms with Gasteiger partial charge < -0.3 is 5.32 Å². The van der Waals surface area contributed by atoms with E-state index in [4.69, 9.17) is 0 Å². The van der Waals surface area contributed by atoms with Crippen LogP contribution in [0.1, 0.15) is 30.9 Å². The first-order valence-corrected chi connectivity index (χ1v) is 8.46. The Morgan fingerprint density at radius 1 is 0.962 bits per heavy atom. The number of hydrogen-bond donors (Lipinski definition) is 2. The zero-order valence-corrected chi connectivity index (χ0v) is 15.0. The van der Waals surface area contributed by atoms with E-state index < -0.39 is 0 Å². The molecule has 0 aliphatic heterocycles. The van der Waals surface area contributed by atoms with Crippen molar-refractivity contribution in [2.75, 3.05) is 5.32 Å². The van der Waals surface area contributed by atoms with Gasteiger partial charge in [0.1, 0.15) is 0 Å². The van der Waals surface area contributed by atoms with E-state index in [2.05, 4.69) is 15.8 Å². The molecule has 5 heteroatoms. The van der Waals surface area contributed by atoms with E-state index in [9.17, 15) is 9.59 Å². The fourth-order valence-electron chi connectivity index (χ4n) is 2.18. The van der Waals surface area contributed by atoms with E-state index >= 15 is 0 Å². The molecule has 0 radical (unpaired) electrons. The molecule has 0 unspecified atom stereocenters. The number of benzene rings is 2. The summed E-state index contributed by atoms with van der Waals surface area (Å²) in [6, 6.07) is 17.3. The summed E-state index contributed by atoms with van der Waals surface area (Å²) in [5.74, 6) is -0.489. The summed E-state index contributed by atoms with van der Waals surface area (Å²) in [5.41, 5.74) is 5.94. The molecule has 0 spiro atoms. The maximum Gasteiger partial charge on any atom is 0.240 e. The van der Waals surface area contributed by atoms with Gasteiger partial charge in [0.05, 0.1) is 5.71 Å². The standard InChI is InChI=1S/C21H23N3O2/c1-16-8-6-7-11-19(16)22-20(25)14-15-21(26)24-23-17(2)12-13-18-9-4-3-5-10-18/h3-13H,14-15H2,1-2H3,(H,22,25)(H,24,26)/b13-12+,23-17-. The van der Waals surface area contributed by atoms with E-state index in [1.165, 1.54) is 0 Å². The van der Waals surface area contributed by atoms with Gasteiger partial charge >= 0.3 is 0 Å². The number of rotatable bonds is 7. The largest absolute Gasteiger partial charge is 0.326 e. The molecule has 0 saturated heterocycles. The van der Waals surface area contributed by atoms with Crippen molar-refractivity contribution in [2.24, 2.45) is 5.10 Å². The van der Waals surface area contributed by atoms with Gasteiger partial charge in [0.15, 0.2) is 0 Å². The quantitative estimate of drug-likeness (QED) is 0.587. The highest BCUT2D eigenvalue weighted by molar-refractivity contribution is 5.97. The highest BCUT2D eigenvalue weighted by atomic mass is 16.2. The first-order chi connectivity index (χ1) is 12.5. The SMILES string of the molecule is CC(/C=C/c1ccccc1)=N/NC(=O)CCC(=O)Nc1ccccc1C. The lowest BCUT2D eigenvalue weighted by Gasteiger charge is -2.07. The third-order valence-corrected chi connectivity index (χ3v) is 3.67. The highest BCUT2D eigenvalue weighted by Gasteiger charge is 2.07. The Morgan fingerprint density at radius 3 is 2.35 bits per heavy atom. The molecular weight excluding hydrogens is 326 g/mol. The Labute approximate surface area is 153 Å². The summed E-state index contributed by atoms with van der Waals surface area (Å²) in [7, 11) is 0. The summed E-state index contributed by atoms with van der Waals surface area (Å²) in [5, 5.41) is 6.82. The summed E-state index contributed by atoms with van der Waals surface area (Å²) >= 11 is 0. The van der Waals surface area contributed by atoms with Gasteiger partial charge in [-0.2, -0.15) is 5.10 Å². The molecule has 0 fully saturated rings. The molecule has 0 aliphatic carbocycles. The number of hydrazone groups is 1. The van der Waals surface area contributed by atoms with Crippen molar-refractivity contribution in [1.29, 1.82) is 0 Å². The van der Waals surface area contributed by atoms with Crippen LogP contribution in [-0.2, 0) is 9.59 Å². The molecule has 0 saturated carbocycles. The first-order valence-electron chi connectivity index (χ1n) is 8.46. The number of amides is 2. The number of hydrogen-bond acceptors (Lipinski definition) is 3. The maximum atomic E-state index is 11.9. The molecule has 0 aromatic heterocycles. The van der Waals surface area contributed by atoms with Gasteiger partial charge in [-0.05, 0) is 37.1 Å². The second-order valence-corrected chi connectivity index (χ2v) is 5.90. The fourth-order valence-corrected chi connectivity index (χ4v) is 2.18. The minimum absolute atomic E-state index is 0.0803. The number of para-hydroxylation sites is 1. The Kier molecular flexibility index (Phi) is 7.31. The minimum atomic E-state index is -0.294. The van der Waals surface area contributed by atoms with Crippen molar-refractivity contribution < 1.29 is 9.59 Å². The second-order valence-electron chi connectivity index (χ2n) is 5.90. The van der Waals surface area contributed by atoms with Crippen molar-refractivity contribution in [1.82, 2.24) is 5.43 Å². The van der Waals surface area contributed by atoms with Crippen molar-refractivity contribution in [3.63, 3.8) is 0 Å². The van der Waals surface area contributed by atoms with Crippen molar-refractivity contribution in [3.8, 4) is 0 Å². The maximum absolute atomic E-state index is 11.9. The number of allylic oxidation sites excluding steroid dienone is 1. The number of carbonyl (C=O) groups is 2. The van der Waals surface area contributed by atoms with Crippen LogP contribution in [0, 0.1) is 6.92 Å². The van der Waals surface area contributed by atoms with E-state index in [0.29, 0.717) is 5.71 Å². The number of carbonyl (C=O) groups excluding carboxylic acids is 2. The summed E-state index contributed by atoms with van der Waals surface area (Å²) in [6.07, 6.45) is 3.92. The third-order valence-electron chi connectivity index (χ3n) is 3.67. The minimum Gasteiger partial charge on any atom is -0.326 e. The molecule has 2 aromatic rings. The van der Waals surface area contributed by atoms with Gasteiger partial charge in [0.25, 0.3) is 0 Å². The Hall–Kier alpha value is -3.21. The van der Waals surface area contributed by atoms with Crippen molar-refractivity contribution in [3.05, 3.63) is 71.8 Å². The van der Waals surface area contributed by atoms with Crippen LogP contribution in [0.4, 0.5) is 5.69 Å². The third kappa shape index (κ3) is 6.73. The van der Waals surface area contributed by atoms with E-state index in [0.717, 1.165) is 16.8 Å². The van der Waals surface area contributed by atoms with Gasteiger partial charge in [0, 0.05) is 18.5 Å². The summed E-state index contributed by atoms with van der Waals surface area (Å²) in [6.45, 7) is 3.72. The van der Waals surface area contributed by atoms with Gasteiger partial charge in [-0.15, -0.1) is 0 Å². The molecule has 5 nitrogen and oxygen atoms in total. The molecular formula is C21H23N3O2. The Bertz CT molecular complexity index is 811. The molecule has 26 heavy (non-hydrogen) atoms. The molecule has 2 aromatic carbocycles. The average molecular weight is 349 g/mol. The monoisotopic (exact) mass is 349 g/mol. The van der Waals surface area contributed by atoms with Gasteiger partial charge in [-0.3, -0.25) is 9.59 Å². The van der Waals surface area contributed by atoms with Crippen LogP contribution in [0.5, 0.6) is 0 Å². The lowest BCUT2D eigenvalue weighted by atomic mass is 10.2. The molecule has 0 atom stereocenters. The van der Waals surface area contributed by atoms with Crippen LogP contribution in [-0.4, -0.2) is 17.5 Å². The number of nitrogens with zero attached hydrogens (tertiary/aromatic N) is 1. The van der Waals surface area contributed by atoms with Gasteiger partial charge in [-0.25, -0.2) is 5.43 Å². The smallest absolute Gasteiger partial charge is 0.240 e. The lowest BCUT2D eigenvalue weighted by Crippen LogP contribution is -2.21. The fraction of sp³-hybridized carbons (Fsp3) is 0.190. The van der Waals surface area contributed by atoms with Crippen LogP contribution < -0.4 is 10.7 Å². The Balaban J connectivity index is 1.75. The zero-order chi connectivity index (χ0) is 18.8. The number of nitrogens with one attached hydrogen (secondary N) is 2. The zero-order valence-electron chi connectivity index (χ0n) is 15.0. The predicted molar refractivity (Wildman–Crippen MR) is 106 cm³/mol. The molecule has 2 rings (SSSR count). The number of aryl methyl sites for hydroxylation is 1. The van der Waals surface area contributed by atoms with Crippen LogP contribution in [0.25, 0.3) is 6.08 Å². The molecule has 0 aliphatic rings. The predicted octanol–water partition coefficient (Wildman–Crippen LogP) is 3.92.